The Balaban J connectivity index is 1.79. The van der Waals surface area contributed by atoms with Crippen LogP contribution in [0.3, 0.4) is 0 Å². The molecule has 0 aliphatic carbocycles. The quantitative estimate of drug-likeness (QED) is 0.503. The first-order valence-corrected chi connectivity index (χ1v) is 9.29. The minimum Gasteiger partial charge on any atom is -0.489 e. The standard InChI is InChI=1S/C21H17N3O2S/c1-3-12-26-17-11-7-5-9-15(17)13-18-20(25)24-21(27-18)22-19(23-24)16-10-6-4-8-14(16)2/h3-11,13H,1,12H2,2H3. The number of ether oxygens (including phenoxy) is 1. The van der Waals surface area contributed by atoms with Crippen LogP contribution in [0.25, 0.3) is 22.4 Å². The molecule has 134 valence electrons. The van der Waals surface area contributed by atoms with E-state index in [4.69, 9.17) is 4.74 Å². The van der Waals surface area contributed by atoms with Crippen LogP contribution in [0.2, 0.25) is 0 Å². The molecule has 27 heavy (non-hydrogen) atoms. The van der Waals surface area contributed by atoms with Crippen LogP contribution in [0.1, 0.15) is 11.1 Å². The summed E-state index contributed by atoms with van der Waals surface area (Å²) in [6.07, 6.45) is 3.50. The lowest BCUT2D eigenvalue weighted by atomic mass is 10.1. The third-order valence-corrected chi connectivity index (χ3v) is 5.09. The first kappa shape index (κ1) is 17.2. The molecule has 6 heteroatoms. The summed E-state index contributed by atoms with van der Waals surface area (Å²) in [5.41, 5.74) is 2.66. The number of para-hydroxylation sites is 1. The Bertz CT molecular complexity index is 1240. The average Bonchev–Trinajstić information content (AvgIpc) is 3.21. The Morgan fingerprint density at radius 2 is 1.96 bits per heavy atom. The van der Waals surface area contributed by atoms with Crippen LogP contribution >= 0.6 is 11.3 Å². The third-order valence-electron chi connectivity index (χ3n) is 4.13. The molecule has 0 radical (unpaired) electrons. The molecular weight excluding hydrogens is 358 g/mol. The molecule has 0 fully saturated rings. The zero-order valence-electron chi connectivity index (χ0n) is 14.8. The lowest BCUT2D eigenvalue weighted by Gasteiger charge is -2.05. The summed E-state index contributed by atoms with van der Waals surface area (Å²) in [5.74, 6) is 1.27. The smallest absolute Gasteiger partial charge is 0.291 e. The predicted molar refractivity (Wildman–Crippen MR) is 108 cm³/mol. The molecular formula is C21H17N3O2S. The van der Waals surface area contributed by atoms with Crippen molar-refractivity contribution in [1.82, 2.24) is 14.6 Å². The zero-order chi connectivity index (χ0) is 18.8. The molecule has 0 saturated carbocycles. The van der Waals surface area contributed by atoms with Crippen LogP contribution in [-0.4, -0.2) is 21.2 Å². The number of rotatable bonds is 5. The predicted octanol–water partition coefficient (Wildman–Crippen LogP) is 3.24. The van der Waals surface area contributed by atoms with Crippen molar-refractivity contribution >= 4 is 22.4 Å². The van der Waals surface area contributed by atoms with Crippen LogP contribution in [0.4, 0.5) is 0 Å². The highest BCUT2D eigenvalue weighted by Gasteiger charge is 2.13. The van der Waals surface area contributed by atoms with Crippen molar-refractivity contribution in [2.24, 2.45) is 0 Å². The maximum Gasteiger partial charge on any atom is 0.291 e. The van der Waals surface area contributed by atoms with Gasteiger partial charge in [0.15, 0.2) is 5.82 Å². The largest absolute Gasteiger partial charge is 0.489 e. The van der Waals surface area contributed by atoms with Gasteiger partial charge in [-0.1, -0.05) is 66.5 Å². The second-order valence-corrected chi connectivity index (χ2v) is 7.01. The third kappa shape index (κ3) is 3.27. The fraction of sp³-hybridized carbons (Fsp3) is 0.0952. The van der Waals surface area contributed by atoms with E-state index in [1.165, 1.54) is 15.9 Å². The minimum atomic E-state index is -0.180. The van der Waals surface area contributed by atoms with Gasteiger partial charge in [-0.15, -0.1) is 5.10 Å². The summed E-state index contributed by atoms with van der Waals surface area (Å²) in [7, 11) is 0. The monoisotopic (exact) mass is 375 g/mol. The molecule has 2 aromatic carbocycles. The van der Waals surface area contributed by atoms with Crippen LogP contribution in [0.15, 0.2) is 66.0 Å². The van der Waals surface area contributed by atoms with Gasteiger partial charge in [-0.05, 0) is 24.6 Å². The van der Waals surface area contributed by atoms with E-state index in [2.05, 4.69) is 16.7 Å². The topological polar surface area (TPSA) is 56.5 Å². The number of fused-ring (bicyclic) bond motifs is 1. The normalized spacial score (nSPS) is 11.8. The van der Waals surface area contributed by atoms with Crippen molar-refractivity contribution in [3.63, 3.8) is 0 Å². The fourth-order valence-corrected chi connectivity index (χ4v) is 3.69. The van der Waals surface area contributed by atoms with Crippen molar-refractivity contribution in [1.29, 1.82) is 0 Å². The van der Waals surface area contributed by atoms with Gasteiger partial charge >= 0.3 is 0 Å². The van der Waals surface area contributed by atoms with E-state index in [1.54, 1.807) is 6.08 Å². The van der Waals surface area contributed by atoms with Crippen molar-refractivity contribution in [3.8, 4) is 17.1 Å². The molecule has 0 saturated heterocycles. The summed E-state index contributed by atoms with van der Waals surface area (Å²) < 4.78 is 7.59. The molecule has 4 aromatic rings. The highest BCUT2D eigenvalue weighted by atomic mass is 32.1. The molecule has 0 atom stereocenters. The molecule has 5 nitrogen and oxygen atoms in total. The Hall–Kier alpha value is -3.25. The lowest BCUT2D eigenvalue weighted by molar-refractivity contribution is 0.362. The minimum absolute atomic E-state index is 0.180. The number of aryl methyl sites for hydroxylation is 1. The highest BCUT2D eigenvalue weighted by molar-refractivity contribution is 7.15. The van der Waals surface area contributed by atoms with Gasteiger partial charge < -0.3 is 4.74 Å². The van der Waals surface area contributed by atoms with Crippen LogP contribution in [0.5, 0.6) is 5.75 Å². The van der Waals surface area contributed by atoms with Crippen LogP contribution < -0.4 is 14.8 Å². The Morgan fingerprint density at radius 3 is 2.74 bits per heavy atom. The fourth-order valence-electron chi connectivity index (χ4n) is 2.79. The van der Waals surface area contributed by atoms with E-state index in [9.17, 15) is 4.79 Å². The van der Waals surface area contributed by atoms with E-state index in [0.29, 0.717) is 27.7 Å². The van der Waals surface area contributed by atoms with Gasteiger partial charge in [0, 0.05) is 11.1 Å². The lowest BCUT2D eigenvalue weighted by Crippen LogP contribution is -2.23. The van der Waals surface area contributed by atoms with Crippen molar-refractivity contribution in [2.75, 3.05) is 6.61 Å². The summed E-state index contributed by atoms with van der Waals surface area (Å²) in [4.78, 5) is 17.9. The van der Waals surface area contributed by atoms with Crippen molar-refractivity contribution in [2.45, 2.75) is 6.92 Å². The van der Waals surface area contributed by atoms with E-state index >= 15 is 0 Å². The highest BCUT2D eigenvalue weighted by Crippen LogP contribution is 2.21. The van der Waals surface area contributed by atoms with Gasteiger partial charge in [-0.25, -0.2) is 0 Å². The van der Waals surface area contributed by atoms with Gasteiger partial charge in [-0.2, -0.15) is 9.50 Å². The Kier molecular flexibility index (Phi) is 4.56. The van der Waals surface area contributed by atoms with E-state index < -0.39 is 0 Å². The molecule has 0 amide bonds. The maximum atomic E-state index is 12.8. The number of hydrogen-bond donors (Lipinski definition) is 0. The molecule has 0 unspecified atom stereocenters. The summed E-state index contributed by atoms with van der Waals surface area (Å²) in [5, 5.41) is 4.42. The number of hydrogen-bond acceptors (Lipinski definition) is 5. The van der Waals surface area contributed by atoms with Gasteiger partial charge in [0.1, 0.15) is 12.4 Å². The number of nitrogens with zero attached hydrogens (tertiary/aromatic N) is 3. The van der Waals surface area contributed by atoms with Crippen molar-refractivity contribution < 1.29 is 4.74 Å². The molecule has 0 bridgehead atoms. The molecule has 0 aliphatic rings. The average molecular weight is 375 g/mol. The maximum absolute atomic E-state index is 12.8. The zero-order valence-corrected chi connectivity index (χ0v) is 15.6. The summed E-state index contributed by atoms with van der Waals surface area (Å²) in [6, 6.07) is 15.4. The first-order chi connectivity index (χ1) is 13.2. The van der Waals surface area contributed by atoms with Crippen molar-refractivity contribution in [3.05, 3.63) is 87.2 Å². The molecule has 0 aliphatic heterocycles. The SMILES string of the molecule is C=CCOc1ccccc1C=c1sc2nc(-c3ccccc3C)nn2c1=O. The van der Waals surface area contributed by atoms with Gasteiger partial charge in [0.25, 0.3) is 5.56 Å². The molecule has 2 heterocycles. The summed E-state index contributed by atoms with van der Waals surface area (Å²) >= 11 is 1.32. The van der Waals surface area contributed by atoms with E-state index in [1.807, 2.05) is 61.5 Å². The number of benzene rings is 2. The molecule has 4 rings (SSSR count). The Morgan fingerprint density at radius 1 is 1.19 bits per heavy atom. The van der Waals surface area contributed by atoms with Crippen LogP contribution in [-0.2, 0) is 0 Å². The van der Waals surface area contributed by atoms with E-state index in [-0.39, 0.29) is 5.56 Å². The molecule has 0 N–H and O–H groups in total. The summed E-state index contributed by atoms with van der Waals surface area (Å²) in [6.45, 7) is 6.07. The Labute approximate surface area is 159 Å². The molecule has 2 aromatic heterocycles. The van der Waals surface area contributed by atoms with E-state index in [0.717, 1.165) is 16.7 Å². The van der Waals surface area contributed by atoms with Gasteiger partial charge in [0.2, 0.25) is 4.96 Å². The second-order valence-electron chi connectivity index (χ2n) is 6.00. The van der Waals surface area contributed by atoms with Gasteiger partial charge in [0.05, 0.1) is 4.53 Å². The number of thiazole rings is 1. The first-order valence-electron chi connectivity index (χ1n) is 8.47. The second kappa shape index (κ2) is 7.17. The van der Waals surface area contributed by atoms with Gasteiger partial charge in [-0.3, -0.25) is 4.79 Å². The number of aromatic nitrogens is 3. The molecule has 0 spiro atoms. The van der Waals surface area contributed by atoms with Crippen LogP contribution in [0, 0.1) is 6.92 Å².